The Morgan fingerprint density at radius 3 is 2.81 bits per heavy atom. The van der Waals surface area contributed by atoms with Crippen LogP contribution in [-0.2, 0) is 25.6 Å². The van der Waals surface area contributed by atoms with Crippen molar-refractivity contribution in [3.05, 3.63) is 23.8 Å². The molecule has 3 aliphatic heterocycles. The van der Waals surface area contributed by atoms with Gasteiger partial charge in [0.1, 0.15) is 12.1 Å². The molecule has 166 valence electrons. The van der Waals surface area contributed by atoms with Crippen LogP contribution in [0.15, 0.2) is 18.2 Å². The maximum atomic E-state index is 13.0. The van der Waals surface area contributed by atoms with E-state index < -0.39 is 35.1 Å². The highest BCUT2D eigenvalue weighted by Gasteiger charge is 2.47. The molecule has 0 bridgehead atoms. The zero-order valence-corrected chi connectivity index (χ0v) is 17.7. The highest BCUT2D eigenvalue weighted by molar-refractivity contribution is 8.14. The van der Waals surface area contributed by atoms with Crippen molar-refractivity contribution in [2.24, 2.45) is 0 Å². The maximum Gasteiger partial charge on any atom is 0.328 e. The second-order valence-corrected chi connectivity index (χ2v) is 9.02. The fourth-order valence-electron chi connectivity index (χ4n) is 4.09. The maximum absolute atomic E-state index is 13.0. The van der Waals surface area contributed by atoms with Gasteiger partial charge in [-0.15, -0.1) is 0 Å². The summed E-state index contributed by atoms with van der Waals surface area (Å²) in [4.78, 5) is 49.1. The quantitative estimate of drug-likeness (QED) is 0.635. The van der Waals surface area contributed by atoms with Crippen molar-refractivity contribution in [2.45, 2.75) is 43.5 Å². The molecule has 2 amide bonds. The van der Waals surface area contributed by atoms with E-state index in [1.54, 1.807) is 23.2 Å². The Morgan fingerprint density at radius 1 is 1.29 bits per heavy atom. The lowest BCUT2D eigenvalue weighted by Crippen LogP contribution is -2.54. The van der Waals surface area contributed by atoms with Crippen molar-refractivity contribution in [1.82, 2.24) is 15.3 Å². The van der Waals surface area contributed by atoms with E-state index in [9.17, 15) is 24.3 Å². The van der Waals surface area contributed by atoms with E-state index in [0.29, 0.717) is 30.9 Å². The van der Waals surface area contributed by atoms with Gasteiger partial charge in [0, 0.05) is 20.0 Å². The Labute approximate surface area is 182 Å². The number of hydrogen-bond acceptors (Lipinski definition) is 8. The number of carbonyl (C=O) groups is 4. The number of aliphatic carboxylic acids is 1. The van der Waals surface area contributed by atoms with E-state index in [-0.39, 0.29) is 24.9 Å². The molecule has 31 heavy (non-hydrogen) atoms. The summed E-state index contributed by atoms with van der Waals surface area (Å²) in [6.45, 7) is 2.30. The number of benzene rings is 1. The van der Waals surface area contributed by atoms with Crippen LogP contribution >= 0.6 is 11.8 Å². The SMILES string of the molecule is CC(=O)S[C@H](Cc1ccc2c(c1)OCO2)C(=O)NC1CN2CCC[C@@H](C(=O)O)N2C1=O. The van der Waals surface area contributed by atoms with Gasteiger partial charge in [-0.25, -0.2) is 9.80 Å². The number of thioether (sulfide) groups is 1. The van der Waals surface area contributed by atoms with E-state index in [1.807, 2.05) is 0 Å². The number of rotatable bonds is 6. The molecule has 0 saturated carbocycles. The largest absolute Gasteiger partial charge is 0.480 e. The number of nitrogens with zero attached hydrogens (tertiary/aromatic N) is 2. The standard InChI is InChI=1S/C20H23N3O7S/c1-11(24)31-17(8-12-4-5-15-16(7-12)30-10-29-15)18(25)21-13-9-22-6-2-3-14(20(27)28)23(22)19(13)26/h4-5,7,13-14,17H,2-3,6,8-10H2,1H3,(H,21,25)(H,27,28)/t13?,14-,17+/m0/s1. The summed E-state index contributed by atoms with van der Waals surface area (Å²) < 4.78 is 10.7. The van der Waals surface area contributed by atoms with Gasteiger partial charge in [-0.05, 0) is 37.0 Å². The molecule has 11 heteroatoms. The third-order valence-corrected chi connectivity index (χ3v) is 6.47. The first kappa shape index (κ1) is 21.4. The predicted octanol–water partition coefficient (Wildman–Crippen LogP) is 0.397. The number of nitrogens with one attached hydrogen (secondary N) is 1. The van der Waals surface area contributed by atoms with Crippen LogP contribution in [0.4, 0.5) is 0 Å². The van der Waals surface area contributed by atoms with Gasteiger partial charge in [-0.3, -0.25) is 19.4 Å². The molecule has 0 aliphatic carbocycles. The van der Waals surface area contributed by atoms with Gasteiger partial charge in [0.05, 0.1) is 5.25 Å². The van der Waals surface area contributed by atoms with Crippen molar-refractivity contribution in [2.75, 3.05) is 19.9 Å². The number of ether oxygens (including phenoxy) is 2. The topological polar surface area (TPSA) is 125 Å². The molecular formula is C20H23N3O7S. The highest BCUT2D eigenvalue weighted by Crippen LogP contribution is 2.33. The van der Waals surface area contributed by atoms with E-state index in [4.69, 9.17) is 9.47 Å². The Hall–Kier alpha value is -2.79. The molecule has 0 aromatic heterocycles. The van der Waals surface area contributed by atoms with Gasteiger partial charge in [0.15, 0.2) is 16.6 Å². The van der Waals surface area contributed by atoms with Crippen molar-refractivity contribution < 1.29 is 33.8 Å². The zero-order valence-electron chi connectivity index (χ0n) is 16.9. The normalized spacial score (nSPS) is 23.4. The first-order chi connectivity index (χ1) is 14.8. The Balaban J connectivity index is 1.46. The summed E-state index contributed by atoms with van der Waals surface area (Å²) in [7, 11) is 0. The van der Waals surface area contributed by atoms with Crippen LogP contribution in [-0.4, -0.2) is 75.2 Å². The van der Waals surface area contributed by atoms with Crippen LogP contribution in [0.5, 0.6) is 11.5 Å². The molecule has 1 aromatic carbocycles. The van der Waals surface area contributed by atoms with Gasteiger partial charge in [-0.1, -0.05) is 17.8 Å². The number of amides is 2. The minimum atomic E-state index is -1.06. The molecule has 1 aromatic rings. The van der Waals surface area contributed by atoms with Gasteiger partial charge in [-0.2, -0.15) is 0 Å². The summed E-state index contributed by atoms with van der Waals surface area (Å²) in [5, 5.41) is 14.1. The van der Waals surface area contributed by atoms with Crippen LogP contribution in [0.2, 0.25) is 0 Å². The molecule has 10 nitrogen and oxygen atoms in total. The summed E-state index contributed by atoms with van der Waals surface area (Å²) in [5.41, 5.74) is 0.794. The number of carbonyl (C=O) groups excluding carboxylic acids is 3. The average Bonchev–Trinajstić information content (AvgIpc) is 3.31. The molecule has 2 saturated heterocycles. The van der Waals surface area contributed by atoms with Gasteiger partial charge in [0.25, 0.3) is 5.91 Å². The monoisotopic (exact) mass is 449 g/mol. The van der Waals surface area contributed by atoms with Crippen molar-refractivity contribution in [1.29, 1.82) is 0 Å². The minimum absolute atomic E-state index is 0.138. The smallest absolute Gasteiger partial charge is 0.328 e. The van der Waals surface area contributed by atoms with Crippen molar-refractivity contribution in [3.63, 3.8) is 0 Å². The van der Waals surface area contributed by atoms with E-state index in [0.717, 1.165) is 17.3 Å². The lowest BCUT2D eigenvalue weighted by molar-refractivity contribution is -0.165. The Morgan fingerprint density at radius 2 is 2.06 bits per heavy atom. The first-order valence-electron chi connectivity index (χ1n) is 10.0. The van der Waals surface area contributed by atoms with Crippen LogP contribution in [0.25, 0.3) is 0 Å². The molecule has 0 spiro atoms. The number of hydrazine groups is 1. The number of fused-ring (bicyclic) bond motifs is 2. The fourth-order valence-corrected chi connectivity index (χ4v) is 4.94. The van der Waals surface area contributed by atoms with Gasteiger partial charge in [0.2, 0.25) is 12.7 Å². The minimum Gasteiger partial charge on any atom is -0.480 e. The van der Waals surface area contributed by atoms with Crippen molar-refractivity contribution in [3.8, 4) is 11.5 Å². The third-order valence-electron chi connectivity index (χ3n) is 5.47. The lowest BCUT2D eigenvalue weighted by Gasteiger charge is -2.36. The Bertz CT molecular complexity index is 924. The number of carboxylic acids is 1. The van der Waals surface area contributed by atoms with E-state index in [1.165, 1.54) is 11.9 Å². The van der Waals surface area contributed by atoms with Crippen molar-refractivity contribution >= 4 is 34.7 Å². The second-order valence-electron chi connectivity index (χ2n) is 7.64. The second kappa shape index (κ2) is 8.75. The predicted molar refractivity (Wildman–Crippen MR) is 109 cm³/mol. The summed E-state index contributed by atoms with van der Waals surface area (Å²) in [6, 6.07) is 3.56. The molecular weight excluding hydrogens is 426 g/mol. The fraction of sp³-hybridized carbons (Fsp3) is 0.500. The highest BCUT2D eigenvalue weighted by atomic mass is 32.2. The number of carboxylic acid groups (broad SMARTS) is 1. The summed E-state index contributed by atoms with van der Waals surface area (Å²) in [6.07, 6.45) is 1.30. The zero-order chi connectivity index (χ0) is 22.1. The first-order valence-corrected chi connectivity index (χ1v) is 10.9. The van der Waals surface area contributed by atoms with E-state index >= 15 is 0 Å². The lowest BCUT2D eigenvalue weighted by atomic mass is 10.1. The van der Waals surface area contributed by atoms with Crippen LogP contribution in [0.3, 0.4) is 0 Å². The summed E-state index contributed by atoms with van der Waals surface area (Å²) in [5.74, 6) is -0.726. The Kier molecular flexibility index (Phi) is 6.05. The molecule has 3 heterocycles. The van der Waals surface area contributed by atoms with Gasteiger partial charge >= 0.3 is 5.97 Å². The molecule has 2 N–H and O–H groups in total. The third kappa shape index (κ3) is 4.47. The van der Waals surface area contributed by atoms with E-state index in [2.05, 4.69) is 5.32 Å². The summed E-state index contributed by atoms with van der Waals surface area (Å²) >= 11 is 0.896. The molecule has 3 aliphatic rings. The average molecular weight is 449 g/mol. The van der Waals surface area contributed by atoms with Crippen LogP contribution in [0.1, 0.15) is 25.3 Å². The van der Waals surface area contributed by atoms with Gasteiger partial charge < -0.3 is 19.9 Å². The van der Waals surface area contributed by atoms with Crippen LogP contribution < -0.4 is 14.8 Å². The molecule has 2 fully saturated rings. The molecule has 0 radical (unpaired) electrons. The number of hydrogen-bond donors (Lipinski definition) is 2. The van der Waals surface area contributed by atoms with Crippen LogP contribution in [0, 0.1) is 0 Å². The molecule has 3 atom stereocenters. The molecule has 1 unspecified atom stereocenters. The molecule has 4 rings (SSSR count).